The average Bonchev–Trinajstić information content (AvgIpc) is 3.08. The van der Waals surface area contributed by atoms with Crippen molar-refractivity contribution in [2.45, 2.75) is 12.5 Å². The van der Waals surface area contributed by atoms with Crippen LogP contribution in [-0.4, -0.2) is 35.6 Å². The minimum absolute atomic E-state index is 0.161. The Kier molecular flexibility index (Phi) is 5.48. The Balaban J connectivity index is 1.74. The van der Waals surface area contributed by atoms with Gasteiger partial charge in [-0.05, 0) is 36.4 Å². The SMILES string of the molecule is COc1ccc(Cl)cc1NC(=O)c1ccnc(OC2CCSC2)c1. The number of hydrogen-bond donors (Lipinski definition) is 1. The van der Waals surface area contributed by atoms with Crippen molar-refractivity contribution < 1.29 is 14.3 Å². The first-order valence-electron chi connectivity index (χ1n) is 7.51. The normalized spacial score (nSPS) is 16.7. The van der Waals surface area contributed by atoms with Gasteiger partial charge in [0.2, 0.25) is 5.88 Å². The molecule has 2 heterocycles. The molecule has 0 bridgehead atoms. The molecule has 24 heavy (non-hydrogen) atoms. The van der Waals surface area contributed by atoms with E-state index in [-0.39, 0.29) is 12.0 Å². The lowest BCUT2D eigenvalue weighted by atomic mass is 10.2. The van der Waals surface area contributed by atoms with Gasteiger partial charge in [0.05, 0.1) is 12.8 Å². The van der Waals surface area contributed by atoms with Gasteiger partial charge in [-0.25, -0.2) is 4.98 Å². The molecule has 3 rings (SSSR count). The molecule has 0 aliphatic carbocycles. The van der Waals surface area contributed by atoms with Gasteiger partial charge in [0, 0.05) is 28.6 Å². The Labute approximate surface area is 149 Å². The van der Waals surface area contributed by atoms with Crippen LogP contribution in [0.25, 0.3) is 0 Å². The molecule has 1 N–H and O–H groups in total. The third-order valence-electron chi connectivity index (χ3n) is 3.58. The highest BCUT2D eigenvalue weighted by Gasteiger charge is 2.18. The molecule has 1 fully saturated rings. The van der Waals surface area contributed by atoms with Crippen molar-refractivity contribution in [3.63, 3.8) is 0 Å². The number of ether oxygens (including phenoxy) is 2. The largest absolute Gasteiger partial charge is 0.495 e. The summed E-state index contributed by atoms with van der Waals surface area (Å²) in [4.78, 5) is 16.7. The molecule has 1 saturated heterocycles. The smallest absolute Gasteiger partial charge is 0.256 e. The highest BCUT2D eigenvalue weighted by atomic mass is 35.5. The van der Waals surface area contributed by atoms with Gasteiger partial charge < -0.3 is 14.8 Å². The molecule has 0 radical (unpaired) electrons. The second-order valence-electron chi connectivity index (χ2n) is 5.28. The topological polar surface area (TPSA) is 60.5 Å². The summed E-state index contributed by atoms with van der Waals surface area (Å²) in [5.74, 6) is 2.79. The van der Waals surface area contributed by atoms with Gasteiger partial charge in [0.1, 0.15) is 11.9 Å². The summed E-state index contributed by atoms with van der Waals surface area (Å²) in [6.07, 6.45) is 2.73. The van der Waals surface area contributed by atoms with Crippen LogP contribution in [0.5, 0.6) is 11.6 Å². The Hall–Kier alpha value is -1.92. The van der Waals surface area contributed by atoms with E-state index in [9.17, 15) is 4.79 Å². The summed E-state index contributed by atoms with van der Waals surface area (Å²) in [6, 6.07) is 8.34. The maximum Gasteiger partial charge on any atom is 0.256 e. The number of benzene rings is 1. The minimum Gasteiger partial charge on any atom is -0.495 e. The van der Waals surface area contributed by atoms with Crippen LogP contribution in [-0.2, 0) is 0 Å². The number of methoxy groups -OCH3 is 1. The number of amides is 1. The van der Waals surface area contributed by atoms with Crippen molar-refractivity contribution in [2.24, 2.45) is 0 Å². The van der Waals surface area contributed by atoms with E-state index >= 15 is 0 Å². The molecule has 0 spiro atoms. The highest BCUT2D eigenvalue weighted by molar-refractivity contribution is 7.99. The summed E-state index contributed by atoms with van der Waals surface area (Å²) in [5.41, 5.74) is 0.981. The van der Waals surface area contributed by atoms with E-state index in [1.165, 1.54) is 7.11 Å². The Morgan fingerprint density at radius 3 is 3.00 bits per heavy atom. The monoisotopic (exact) mass is 364 g/mol. The number of thioether (sulfide) groups is 1. The number of carbonyl (C=O) groups is 1. The van der Waals surface area contributed by atoms with E-state index in [0.717, 1.165) is 17.9 Å². The molecule has 7 heteroatoms. The molecule has 1 aromatic heterocycles. The third kappa shape index (κ3) is 4.13. The molecule has 126 valence electrons. The second kappa shape index (κ2) is 7.77. The van der Waals surface area contributed by atoms with Crippen LogP contribution in [0.4, 0.5) is 5.69 Å². The fourth-order valence-corrected chi connectivity index (χ4v) is 3.63. The van der Waals surface area contributed by atoms with Crippen molar-refractivity contribution in [1.29, 1.82) is 0 Å². The van der Waals surface area contributed by atoms with Gasteiger partial charge in [0.15, 0.2) is 0 Å². The van der Waals surface area contributed by atoms with Crippen LogP contribution in [0.1, 0.15) is 16.8 Å². The lowest BCUT2D eigenvalue weighted by Crippen LogP contribution is -2.17. The van der Waals surface area contributed by atoms with Crippen LogP contribution in [0.3, 0.4) is 0 Å². The number of anilines is 1. The van der Waals surface area contributed by atoms with Gasteiger partial charge in [-0.15, -0.1) is 0 Å². The third-order valence-corrected chi connectivity index (χ3v) is 4.95. The molecule has 1 unspecified atom stereocenters. The number of hydrogen-bond acceptors (Lipinski definition) is 5. The van der Waals surface area contributed by atoms with Crippen LogP contribution in [0.2, 0.25) is 5.02 Å². The fraction of sp³-hybridized carbons (Fsp3) is 0.294. The summed E-state index contributed by atoms with van der Waals surface area (Å²) < 4.78 is 11.1. The molecular weight excluding hydrogens is 348 g/mol. The summed E-state index contributed by atoms with van der Waals surface area (Å²) in [7, 11) is 1.54. The number of aromatic nitrogens is 1. The Bertz CT molecular complexity index is 736. The van der Waals surface area contributed by atoms with Crippen molar-refractivity contribution in [2.75, 3.05) is 23.9 Å². The summed E-state index contributed by atoms with van der Waals surface area (Å²) in [5, 5.41) is 3.32. The molecule has 1 aliphatic rings. The number of halogens is 1. The van der Waals surface area contributed by atoms with E-state index in [1.54, 1.807) is 36.5 Å². The van der Waals surface area contributed by atoms with Gasteiger partial charge in [0.25, 0.3) is 5.91 Å². The van der Waals surface area contributed by atoms with Gasteiger partial charge in [-0.1, -0.05) is 11.6 Å². The van der Waals surface area contributed by atoms with E-state index in [0.29, 0.717) is 27.9 Å². The molecule has 1 atom stereocenters. The predicted octanol–water partition coefficient (Wildman–Crippen LogP) is 3.88. The van der Waals surface area contributed by atoms with E-state index in [2.05, 4.69) is 10.3 Å². The molecule has 5 nitrogen and oxygen atoms in total. The zero-order chi connectivity index (χ0) is 16.9. The first-order chi connectivity index (χ1) is 11.7. The van der Waals surface area contributed by atoms with Crippen molar-refractivity contribution in [3.05, 3.63) is 47.1 Å². The number of rotatable bonds is 5. The van der Waals surface area contributed by atoms with Crippen LogP contribution >= 0.6 is 23.4 Å². The second-order valence-corrected chi connectivity index (χ2v) is 6.87. The number of pyridine rings is 1. The molecular formula is C17H17ClN2O3S. The van der Waals surface area contributed by atoms with E-state index in [1.807, 2.05) is 11.8 Å². The predicted molar refractivity (Wildman–Crippen MR) is 96.6 cm³/mol. The van der Waals surface area contributed by atoms with Gasteiger partial charge >= 0.3 is 0 Å². The van der Waals surface area contributed by atoms with Crippen LogP contribution < -0.4 is 14.8 Å². The summed E-state index contributed by atoms with van der Waals surface area (Å²) in [6.45, 7) is 0. The Morgan fingerprint density at radius 1 is 1.38 bits per heavy atom. The fourth-order valence-electron chi connectivity index (χ4n) is 2.36. The van der Waals surface area contributed by atoms with Crippen LogP contribution in [0, 0.1) is 0 Å². The van der Waals surface area contributed by atoms with E-state index < -0.39 is 0 Å². The van der Waals surface area contributed by atoms with Gasteiger partial charge in [-0.2, -0.15) is 11.8 Å². The molecule has 1 amide bonds. The zero-order valence-electron chi connectivity index (χ0n) is 13.1. The molecule has 0 saturated carbocycles. The maximum absolute atomic E-state index is 12.5. The van der Waals surface area contributed by atoms with Crippen LogP contribution in [0.15, 0.2) is 36.5 Å². The number of nitrogens with zero attached hydrogens (tertiary/aromatic N) is 1. The first-order valence-corrected chi connectivity index (χ1v) is 9.04. The Morgan fingerprint density at radius 2 is 2.25 bits per heavy atom. The molecule has 1 aromatic carbocycles. The lowest BCUT2D eigenvalue weighted by molar-refractivity contribution is 0.102. The van der Waals surface area contributed by atoms with E-state index in [4.69, 9.17) is 21.1 Å². The average molecular weight is 365 g/mol. The van der Waals surface area contributed by atoms with Gasteiger partial charge in [-0.3, -0.25) is 4.79 Å². The summed E-state index contributed by atoms with van der Waals surface area (Å²) >= 11 is 7.85. The number of carbonyl (C=O) groups excluding carboxylic acids is 1. The lowest BCUT2D eigenvalue weighted by Gasteiger charge is -2.13. The first kappa shape index (κ1) is 16.9. The van der Waals surface area contributed by atoms with Crippen molar-refractivity contribution in [1.82, 2.24) is 4.98 Å². The maximum atomic E-state index is 12.5. The quantitative estimate of drug-likeness (QED) is 0.872. The number of nitrogens with one attached hydrogen (secondary N) is 1. The zero-order valence-corrected chi connectivity index (χ0v) is 14.7. The van der Waals surface area contributed by atoms with Crippen molar-refractivity contribution in [3.8, 4) is 11.6 Å². The minimum atomic E-state index is -0.274. The molecule has 1 aliphatic heterocycles. The highest BCUT2D eigenvalue weighted by Crippen LogP contribution is 2.28. The standard InChI is InChI=1S/C17H17ClN2O3S/c1-22-15-3-2-12(18)9-14(15)20-17(21)11-4-6-19-16(8-11)23-13-5-7-24-10-13/h2-4,6,8-9,13H,5,7,10H2,1H3,(H,20,21). The molecule has 2 aromatic rings. The van der Waals surface area contributed by atoms with Crippen molar-refractivity contribution >= 4 is 35.0 Å².